The predicted octanol–water partition coefficient (Wildman–Crippen LogP) is 4.46. The molecule has 2 aromatic rings. The first-order valence-corrected chi connectivity index (χ1v) is 6.49. The number of nitrogens with zero attached hydrogens (tertiary/aromatic N) is 1. The van der Waals surface area contributed by atoms with Crippen LogP contribution in [0.15, 0.2) is 22.7 Å². The maximum absolute atomic E-state index is 11.4. The molecule has 0 spiro atoms. The first-order valence-electron chi connectivity index (χ1n) is 5.73. The summed E-state index contributed by atoms with van der Waals surface area (Å²) in [6.45, 7) is -0.369. The summed E-state index contributed by atoms with van der Waals surface area (Å²) in [5.41, 5.74) is 1.66. The van der Waals surface area contributed by atoms with Crippen LogP contribution in [0, 0.1) is 0 Å². The van der Waals surface area contributed by atoms with Gasteiger partial charge >= 0.3 is 0 Å². The van der Waals surface area contributed by atoms with Crippen LogP contribution in [0.25, 0.3) is 11.3 Å². The first kappa shape index (κ1) is 12.0. The molecule has 18 heavy (non-hydrogen) atoms. The Labute approximate surface area is 114 Å². The van der Waals surface area contributed by atoms with Gasteiger partial charge in [0.25, 0.3) is 0 Å². The maximum atomic E-state index is 11.4. The number of hydrogen-bond donors (Lipinski definition) is 0. The zero-order chi connectivity index (χ0) is 12.7. The van der Waals surface area contributed by atoms with E-state index in [-0.39, 0.29) is 6.61 Å². The predicted molar refractivity (Wildman–Crippen MR) is 68.3 cm³/mol. The van der Waals surface area contributed by atoms with Crippen molar-refractivity contribution in [3.8, 4) is 11.3 Å². The second-order valence-corrected chi connectivity index (χ2v) is 5.20. The molecule has 0 unspecified atom stereocenters. The Morgan fingerprint density at radius 1 is 1.28 bits per heavy atom. The quantitative estimate of drug-likeness (QED) is 0.835. The van der Waals surface area contributed by atoms with Crippen molar-refractivity contribution in [2.45, 2.75) is 25.4 Å². The van der Waals surface area contributed by atoms with E-state index in [1.807, 2.05) is 0 Å². The molecule has 1 radical (unpaired) electrons. The van der Waals surface area contributed by atoms with Gasteiger partial charge in [-0.3, -0.25) is 0 Å². The highest BCUT2D eigenvalue weighted by molar-refractivity contribution is 6.39. The first-order chi connectivity index (χ1) is 8.72. The van der Waals surface area contributed by atoms with Crippen LogP contribution < -0.4 is 0 Å². The van der Waals surface area contributed by atoms with Gasteiger partial charge in [0.15, 0.2) is 0 Å². The fourth-order valence-corrected chi connectivity index (χ4v) is 2.62. The minimum absolute atomic E-state index is 0.344. The molecular weight excluding hydrogens is 273 g/mol. The maximum Gasteiger partial charge on any atom is 0.146 e. The third-order valence-corrected chi connectivity index (χ3v) is 3.74. The third-order valence-electron chi connectivity index (χ3n) is 3.11. The van der Waals surface area contributed by atoms with Crippen molar-refractivity contribution < 1.29 is 9.63 Å². The molecule has 93 valence electrons. The molecule has 0 bridgehead atoms. The van der Waals surface area contributed by atoms with Crippen LogP contribution in [-0.4, -0.2) is 5.16 Å². The van der Waals surface area contributed by atoms with Crippen LogP contribution in [0.1, 0.15) is 30.1 Å². The Hall–Kier alpha value is -1.03. The highest BCUT2D eigenvalue weighted by Gasteiger charge is 2.33. The molecule has 5 heteroatoms. The molecule has 3 nitrogen and oxygen atoms in total. The zero-order valence-corrected chi connectivity index (χ0v) is 11.0. The van der Waals surface area contributed by atoms with Crippen molar-refractivity contribution in [1.82, 2.24) is 5.16 Å². The summed E-state index contributed by atoms with van der Waals surface area (Å²) in [6.07, 6.45) is 2.11. The molecule has 3 rings (SSSR count). The molecular formula is C13H10Cl2NO2. The number of halogens is 2. The van der Waals surface area contributed by atoms with Gasteiger partial charge in [-0.2, -0.15) is 0 Å². The minimum atomic E-state index is -0.369. The monoisotopic (exact) mass is 282 g/mol. The van der Waals surface area contributed by atoms with E-state index in [2.05, 4.69) is 5.16 Å². The normalized spacial score (nSPS) is 15.1. The van der Waals surface area contributed by atoms with Gasteiger partial charge < -0.3 is 4.52 Å². The highest BCUT2D eigenvalue weighted by atomic mass is 35.5. The van der Waals surface area contributed by atoms with Gasteiger partial charge in [0.2, 0.25) is 0 Å². The third kappa shape index (κ3) is 1.92. The number of aromatic nitrogens is 1. The fraction of sp³-hybridized carbons (Fsp3) is 0.308. The molecule has 0 atom stereocenters. The van der Waals surface area contributed by atoms with Crippen LogP contribution in [0.5, 0.6) is 0 Å². The molecule has 0 amide bonds. The number of hydrogen-bond acceptors (Lipinski definition) is 2. The summed E-state index contributed by atoms with van der Waals surface area (Å²) in [7, 11) is 0. The Balaban J connectivity index is 2.16. The lowest BCUT2D eigenvalue weighted by Crippen LogP contribution is -1.91. The average molecular weight is 283 g/mol. The summed E-state index contributed by atoms with van der Waals surface area (Å²) in [4.78, 5) is 0. The van der Waals surface area contributed by atoms with Crippen molar-refractivity contribution in [2.75, 3.05) is 0 Å². The van der Waals surface area contributed by atoms with E-state index in [1.165, 1.54) is 0 Å². The molecule has 1 aromatic heterocycles. The standard InChI is InChI=1S/C13H10Cl2NO2/c14-9-2-1-3-10(15)11(9)12-8(6-17)13(18-16-12)7-4-5-7/h1-3,7H,4-6H2. The molecule has 1 aliphatic rings. The summed E-state index contributed by atoms with van der Waals surface area (Å²) in [5.74, 6) is 1.05. The van der Waals surface area contributed by atoms with Gasteiger partial charge in [-0.25, -0.2) is 5.11 Å². The van der Waals surface area contributed by atoms with E-state index in [9.17, 15) is 5.11 Å². The minimum Gasteiger partial charge on any atom is -0.360 e. The second kappa shape index (κ2) is 4.57. The molecule has 0 N–H and O–H groups in total. The Morgan fingerprint density at radius 3 is 2.50 bits per heavy atom. The van der Waals surface area contributed by atoms with Crippen molar-refractivity contribution in [3.63, 3.8) is 0 Å². The zero-order valence-electron chi connectivity index (χ0n) is 9.45. The number of benzene rings is 1. The van der Waals surface area contributed by atoms with E-state index < -0.39 is 0 Å². The van der Waals surface area contributed by atoms with Crippen LogP contribution in [0.3, 0.4) is 0 Å². The Kier molecular flexibility index (Phi) is 3.06. The van der Waals surface area contributed by atoms with Gasteiger partial charge in [-0.15, -0.1) is 0 Å². The van der Waals surface area contributed by atoms with Crippen molar-refractivity contribution in [2.24, 2.45) is 0 Å². The van der Waals surface area contributed by atoms with E-state index >= 15 is 0 Å². The summed E-state index contributed by atoms with van der Waals surface area (Å²) in [5, 5.41) is 16.3. The second-order valence-electron chi connectivity index (χ2n) is 4.39. The van der Waals surface area contributed by atoms with Crippen LogP contribution >= 0.6 is 23.2 Å². The largest absolute Gasteiger partial charge is 0.360 e. The van der Waals surface area contributed by atoms with Crippen molar-refractivity contribution in [3.05, 3.63) is 39.6 Å². The summed E-state index contributed by atoms with van der Waals surface area (Å²) >= 11 is 12.3. The molecule has 0 aliphatic heterocycles. The lowest BCUT2D eigenvalue weighted by Gasteiger charge is -2.04. The van der Waals surface area contributed by atoms with Gasteiger partial charge in [0.05, 0.1) is 15.6 Å². The van der Waals surface area contributed by atoms with E-state index in [4.69, 9.17) is 27.7 Å². The molecule has 1 aliphatic carbocycles. The SMILES string of the molecule is [O]Cc1c(-c2c(Cl)cccc2Cl)noc1C1CC1. The highest BCUT2D eigenvalue weighted by Crippen LogP contribution is 2.45. The van der Waals surface area contributed by atoms with Crippen LogP contribution in [0.4, 0.5) is 0 Å². The van der Waals surface area contributed by atoms with Crippen molar-refractivity contribution >= 4 is 23.2 Å². The van der Waals surface area contributed by atoms with E-state index in [1.54, 1.807) is 18.2 Å². The summed E-state index contributed by atoms with van der Waals surface area (Å²) in [6, 6.07) is 5.21. The van der Waals surface area contributed by atoms with Gasteiger partial charge in [0, 0.05) is 11.5 Å². The average Bonchev–Trinajstić information content (AvgIpc) is 3.10. The van der Waals surface area contributed by atoms with Gasteiger partial charge in [0.1, 0.15) is 18.1 Å². The summed E-state index contributed by atoms with van der Waals surface area (Å²) < 4.78 is 5.31. The van der Waals surface area contributed by atoms with Gasteiger partial charge in [-0.1, -0.05) is 34.4 Å². The molecule has 1 saturated carbocycles. The number of rotatable bonds is 3. The topological polar surface area (TPSA) is 45.9 Å². The van der Waals surface area contributed by atoms with Crippen LogP contribution in [0.2, 0.25) is 10.0 Å². The van der Waals surface area contributed by atoms with Crippen molar-refractivity contribution in [1.29, 1.82) is 0 Å². The smallest absolute Gasteiger partial charge is 0.146 e. The molecule has 1 fully saturated rings. The lowest BCUT2D eigenvalue weighted by atomic mass is 10.0. The van der Waals surface area contributed by atoms with E-state index in [0.717, 1.165) is 12.8 Å². The Morgan fingerprint density at radius 2 is 1.94 bits per heavy atom. The van der Waals surface area contributed by atoms with E-state index in [0.29, 0.717) is 38.5 Å². The fourth-order valence-electron chi connectivity index (χ4n) is 2.05. The molecule has 1 aromatic carbocycles. The lowest BCUT2D eigenvalue weighted by molar-refractivity contribution is 0.175. The van der Waals surface area contributed by atoms with Gasteiger partial charge in [-0.05, 0) is 25.0 Å². The molecule has 1 heterocycles. The molecule has 0 saturated heterocycles. The Bertz CT molecular complexity index is 570. The van der Waals surface area contributed by atoms with Crippen LogP contribution in [-0.2, 0) is 11.7 Å².